The standard InChI is InChI=1S/C9H14N4O3/c1-16-8-4-2-3-7(6(8)5-14)13(11)9(15)12-10/h2-4,14H,5,10-11H2,1H3,(H,12,15). The van der Waals surface area contributed by atoms with Gasteiger partial charge in [0, 0.05) is 5.56 Å². The van der Waals surface area contributed by atoms with Gasteiger partial charge in [-0.3, -0.25) is 5.43 Å². The van der Waals surface area contributed by atoms with E-state index < -0.39 is 6.03 Å². The largest absolute Gasteiger partial charge is 0.496 e. The summed E-state index contributed by atoms with van der Waals surface area (Å²) in [5.74, 6) is 10.9. The van der Waals surface area contributed by atoms with Gasteiger partial charge in [0.05, 0.1) is 19.4 Å². The average Bonchev–Trinajstić information content (AvgIpc) is 2.35. The number of aliphatic hydroxyl groups is 1. The number of benzene rings is 1. The van der Waals surface area contributed by atoms with Gasteiger partial charge < -0.3 is 9.84 Å². The van der Waals surface area contributed by atoms with Crippen LogP contribution >= 0.6 is 0 Å². The topological polar surface area (TPSA) is 114 Å². The highest BCUT2D eigenvalue weighted by Gasteiger charge is 2.16. The first-order valence-electron chi connectivity index (χ1n) is 4.47. The summed E-state index contributed by atoms with van der Waals surface area (Å²) in [7, 11) is 1.46. The van der Waals surface area contributed by atoms with Crippen molar-refractivity contribution in [3.05, 3.63) is 23.8 Å². The molecule has 7 heteroatoms. The molecule has 0 aliphatic rings. The Kier molecular flexibility index (Phi) is 4.06. The molecular formula is C9H14N4O3. The van der Waals surface area contributed by atoms with E-state index in [1.807, 2.05) is 5.43 Å². The van der Waals surface area contributed by atoms with E-state index in [0.717, 1.165) is 5.01 Å². The molecule has 0 spiro atoms. The van der Waals surface area contributed by atoms with Crippen LogP contribution in [0.5, 0.6) is 5.75 Å². The highest BCUT2D eigenvalue weighted by molar-refractivity contribution is 5.91. The third kappa shape index (κ3) is 2.22. The molecule has 1 aromatic carbocycles. The number of methoxy groups -OCH3 is 1. The smallest absolute Gasteiger partial charge is 0.350 e. The van der Waals surface area contributed by atoms with Gasteiger partial charge in [-0.1, -0.05) is 6.07 Å². The molecule has 0 aliphatic heterocycles. The number of ether oxygens (including phenoxy) is 1. The maximum Gasteiger partial charge on any atom is 0.350 e. The molecule has 0 aliphatic carbocycles. The number of anilines is 1. The normalized spacial score (nSPS) is 9.75. The number of hydrogen-bond acceptors (Lipinski definition) is 5. The van der Waals surface area contributed by atoms with Crippen molar-refractivity contribution >= 4 is 11.7 Å². The lowest BCUT2D eigenvalue weighted by Crippen LogP contribution is -2.48. The summed E-state index contributed by atoms with van der Waals surface area (Å²) in [6, 6.07) is 4.19. The van der Waals surface area contributed by atoms with Crippen LogP contribution in [-0.4, -0.2) is 18.2 Å². The Balaban J connectivity index is 3.17. The van der Waals surface area contributed by atoms with E-state index in [-0.39, 0.29) is 6.61 Å². The highest BCUT2D eigenvalue weighted by Crippen LogP contribution is 2.27. The van der Waals surface area contributed by atoms with Gasteiger partial charge in [-0.2, -0.15) is 0 Å². The van der Waals surface area contributed by atoms with Crippen molar-refractivity contribution in [1.29, 1.82) is 0 Å². The fourth-order valence-electron chi connectivity index (χ4n) is 1.31. The van der Waals surface area contributed by atoms with Crippen molar-refractivity contribution in [1.82, 2.24) is 5.43 Å². The van der Waals surface area contributed by atoms with Crippen LogP contribution in [0.2, 0.25) is 0 Å². The number of nitrogens with one attached hydrogen (secondary N) is 1. The molecule has 1 rings (SSSR count). The summed E-state index contributed by atoms with van der Waals surface area (Å²) in [6.07, 6.45) is 0. The lowest BCUT2D eigenvalue weighted by Gasteiger charge is -2.20. The van der Waals surface area contributed by atoms with Crippen molar-refractivity contribution in [3.8, 4) is 5.75 Å². The number of nitrogens with two attached hydrogens (primary N) is 2. The lowest BCUT2D eigenvalue weighted by atomic mass is 10.1. The van der Waals surface area contributed by atoms with Crippen LogP contribution in [0.15, 0.2) is 18.2 Å². The van der Waals surface area contributed by atoms with Crippen molar-refractivity contribution in [2.75, 3.05) is 12.1 Å². The molecule has 0 saturated carbocycles. The Morgan fingerprint density at radius 1 is 1.62 bits per heavy atom. The lowest BCUT2D eigenvalue weighted by molar-refractivity contribution is 0.246. The molecule has 0 fully saturated rings. The van der Waals surface area contributed by atoms with E-state index in [1.165, 1.54) is 7.11 Å². The average molecular weight is 226 g/mol. The number of urea groups is 1. The number of hydrazine groups is 2. The zero-order valence-electron chi connectivity index (χ0n) is 8.80. The Labute approximate surface area is 92.5 Å². The molecule has 0 atom stereocenters. The maximum atomic E-state index is 11.2. The number of hydrogen-bond donors (Lipinski definition) is 4. The number of amides is 2. The molecule has 1 aromatic rings. The van der Waals surface area contributed by atoms with Crippen molar-refractivity contribution in [2.45, 2.75) is 6.61 Å². The fourth-order valence-corrected chi connectivity index (χ4v) is 1.31. The Morgan fingerprint density at radius 3 is 2.81 bits per heavy atom. The quantitative estimate of drug-likeness (QED) is 0.314. The number of rotatable bonds is 3. The molecule has 16 heavy (non-hydrogen) atoms. The third-order valence-electron chi connectivity index (χ3n) is 2.09. The maximum absolute atomic E-state index is 11.2. The first kappa shape index (κ1) is 12.2. The predicted molar refractivity (Wildman–Crippen MR) is 58.3 cm³/mol. The molecule has 6 N–H and O–H groups in total. The van der Waals surface area contributed by atoms with Gasteiger partial charge in [-0.05, 0) is 12.1 Å². The molecule has 0 bridgehead atoms. The summed E-state index contributed by atoms with van der Waals surface area (Å²) in [6.45, 7) is -0.301. The van der Waals surface area contributed by atoms with Crippen LogP contribution in [-0.2, 0) is 6.61 Å². The molecule has 0 unspecified atom stereocenters. The van der Waals surface area contributed by atoms with Crippen LogP contribution in [0, 0.1) is 0 Å². The number of carbonyl (C=O) groups excluding carboxylic acids is 1. The molecule has 88 valence electrons. The van der Waals surface area contributed by atoms with E-state index in [9.17, 15) is 9.90 Å². The third-order valence-corrected chi connectivity index (χ3v) is 2.09. The van der Waals surface area contributed by atoms with Crippen molar-refractivity contribution < 1.29 is 14.6 Å². The molecule has 7 nitrogen and oxygen atoms in total. The van der Waals surface area contributed by atoms with Gasteiger partial charge in [-0.25, -0.2) is 21.5 Å². The van der Waals surface area contributed by atoms with E-state index in [4.69, 9.17) is 16.4 Å². The van der Waals surface area contributed by atoms with Gasteiger partial charge in [-0.15, -0.1) is 0 Å². The zero-order chi connectivity index (χ0) is 12.1. The second-order valence-corrected chi connectivity index (χ2v) is 2.94. The summed E-state index contributed by atoms with van der Waals surface area (Å²) < 4.78 is 5.04. The molecule has 0 radical (unpaired) electrons. The first-order chi connectivity index (χ1) is 7.65. The van der Waals surface area contributed by atoms with Gasteiger partial charge in [0.2, 0.25) is 0 Å². The number of nitrogens with zero attached hydrogens (tertiary/aromatic N) is 1. The fraction of sp³-hybridized carbons (Fsp3) is 0.222. The minimum Gasteiger partial charge on any atom is -0.496 e. The molecule has 0 saturated heterocycles. The Hall–Kier alpha value is -1.83. The SMILES string of the molecule is COc1cccc(N(N)C(=O)NN)c1CO. The monoisotopic (exact) mass is 226 g/mol. The van der Waals surface area contributed by atoms with E-state index in [2.05, 4.69) is 0 Å². The summed E-state index contributed by atoms with van der Waals surface area (Å²) >= 11 is 0. The van der Waals surface area contributed by atoms with Gasteiger partial charge in [0.1, 0.15) is 5.75 Å². The van der Waals surface area contributed by atoms with Crippen LogP contribution in [0.3, 0.4) is 0 Å². The Morgan fingerprint density at radius 2 is 2.31 bits per heavy atom. The summed E-state index contributed by atoms with van der Waals surface area (Å²) in [4.78, 5) is 11.2. The zero-order valence-corrected chi connectivity index (χ0v) is 8.80. The Bertz CT molecular complexity index is 383. The minimum absolute atomic E-state index is 0.301. The van der Waals surface area contributed by atoms with E-state index in [0.29, 0.717) is 17.0 Å². The van der Waals surface area contributed by atoms with Gasteiger partial charge in [0.25, 0.3) is 0 Å². The van der Waals surface area contributed by atoms with Crippen LogP contribution in [0.1, 0.15) is 5.56 Å². The summed E-state index contributed by atoms with van der Waals surface area (Å²) in [5.41, 5.74) is 2.63. The second kappa shape index (κ2) is 5.31. The van der Waals surface area contributed by atoms with Gasteiger partial charge >= 0.3 is 6.03 Å². The van der Waals surface area contributed by atoms with Crippen LogP contribution < -0.4 is 26.9 Å². The number of carbonyl (C=O) groups is 1. The summed E-state index contributed by atoms with van der Waals surface area (Å²) in [5, 5.41) is 10.0. The van der Waals surface area contributed by atoms with Crippen molar-refractivity contribution in [3.63, 3.8) is 0 Å². The molecule has 2 amide bonds. The molecular weight excluding hydrogens is 212 g/mol. The van der Waals surface area contributed by atoms with Crippen molar-refractivity contribution in [2.24, 2.45) is 11.7 Å². The van der Waals surface area contributed by atoms with Crippen LogP contribution in [0.4, 0.5) is 10.5 Å². The van der Waals surface area contributed by atoms with Gasteiger partial charge in [0.15, 0.2) is 0 Å². The minimum atomic E-state index is -0.692. The van der Waals surface area contributed by atoms with E-state index >= 15 is 0 Å². The second-order valence-electron chi connectivity index (χ2n) is 2.94. The number of aliphatic hydroxyl groups excluding tert-OH is 1. The predicted octanol–water partition coefficient (Wildman–Crippen LogP) is -0.549. The molecule has 0 heterocycles. The van der Waals surface area contributed by atoms with E-state index in [1.54, 1.807) is 18.2 Å². The van der Waals surface area contributed by atoms with Crippen LogP contribution in [0.25, 0.3) is 0 Å². The highest BCUT2D eigenvalue weighted by atomic mass is 16.5. The first-order valence-corrected chi connectivity index (χ1v) is 4.47. The molecule has 0 aromatic heterocycles.